The van der Waals surface area contributed by atoms with Crippen LogP contribution in [0.1, 0.15) is 29.7 Å². The van der Waals surface area contributed by atoms with Crippen molar-refractivity contribution < 1.29 is 4.74 Å². The van der Waals surface area contributed by atoms with Crippen LogP contribution < -0.4 is 10.3 Å². The zero-order chi connectivity index (χ0) is 20.9. The van der Waals surface area contributed by atoms with Crippen molar-refractivity contribution >= 4 is 33.2 Å². The lowest BCUT2D eigenvalue weighted by Gasteiger charge is -2.14. The van der Waals surface area contributed by atoms with Gasteiger partial charge in [-0.3, -0.25) is 9.89 Å². The van der Waals surface area contributed by atoms with Crippen LogP contribution in [0.5, 0.6) is 11.5 Å². The highest BCUT2D eigenvalue weighted by Crippen LogP contribution is 2.54. The van der Waals surface area contributed by atoms with E-state index in [1.165, 1.54) is 10.7 Å². The Morgan fingerprint density at radius 2 is 2.00 bits per heavy atom. The first kappa shape index (κ1) is 18.9. The predicted molar refractivity (Wildman–Crippen MR) is 116 cm³/mol. The summed E-state index contributed by atoms with van der Waals surface area (Å²) >= 11 is 9.41. The van der Waals surface area contributed by atoms with Gasteiger partial charge in [0.1, 0.15) is 17.4 Å². The summed E-state index contributed by atoms with van der Waals surface area (Å²) in [4.78, 5) is 17.4. The van der Waals surface area contributed by atoms with Crippen molar-refractivity contribution in [3.05, 3.63) is 91.4 Å². The second-order valence-corrected chi connectivity index (χ2v) is 8.56. The van der Waals surface area contributed by atoms with Gasteiger partial charge in [0, 0.05) is 14.9 Å². The molecule has 0 saturated heterocycles. The number of nitriles is 1. The number of ether oxygens (including phenoxy) is 1. The molecular formula is C22H14BrClN4O2. The Hall–Kier alpha value is -3.08. The van der Waals surface area contributed by atoms with E-state index in [4.69, 9.17) is 16.3 Å². The maximum Gasteiger partial charge on any atom is 0.315 e. The van der Waals surface area contributed by atoms with E-state index in [2.05, 4.69) is 32.1 Å². The molecule has 1 N–H and O–H groups in total. The lowest BCUT2D eigenvalue weighted by molar-refractivity contribution is 0.468. The van der Waals surface area contributed by atoms with E-state index in [0.29, 0.717) is 27.7 Å². The molecule has 5 rings (SSSR count). The first-order chi connectivity index (χ1) is 14.5. The van der Waals surface area contributed by atoms with Gasteiger partial charge < -0.3 is 4.74 Å². The number of H-pyrrole nitrogens is 1. The SMILES string of the molecule is N#Cc1c(C2(c3ccc(Cl)cc3)CC2)[nH]n2c(=O)c(Oc3cccc(Br)c3)cnc12. The summed E-state index contributed by atoms with van der Waals surface area (Å²) in [6.45, 7) is 0. The largest absolute Gasteiger partial charge is 0.450 e. The molecule has 2 heterocycles. The van der Waals surface area contributed by atoms with Gasteiger partial charge in [0.15, 0.2) is 5.65 Å². The van der Waals surface area contributed by atoms with Gasteiger partial charge in [-0.15, -0.1) is 0 Å². The summed E-state index contributed by atoms with van der Waals surface area (Å²) in [5.74, 6) is 0.578. The molecule has 8 heteroatoms. The highest BCUT2D eigenvalue weighted by molar-refractivity contribution is 9.10. The minimum Gasteiger partial charge on any atom is -0.450 e. The van der Waals surface area contributed by atoms with Crippen LogP contribution in [-0.2, 0) is 5.41 Å². The van der Waals surface area contributed by atoms with Crippen LogP contribution in [0.4, 0.5) is 0 Å². The van der Waals surface area contributed by atoms with Crippen LogP contribution >= 0.6 is 27.5 Å². The van der Waals surface area contributed by atoms with E-state index >= 15 is 0 Å². The zero-order valence-electron chi connectivity index (χ0n) is 15.5. The van der Waals surface area contributed by atoms with Gasteiger partial charge in [-0.05, 0) is 48.7 Å². The third kappa shape index (κ3) is 3.00. The predicted octanol–water partition coefficient (Wildman–Crippen LogP) is 5.18. The van der Waals surface area contributed by atoms with Crippen molar-refractivity contribution in [3.8, 4) is 17.6 Å². The summed E-state index contributed by atoms with van der Waals surface area (Å²) in [5, 5.41) is 13.6. The van der Waals surface area contributed by atoms with Crippen LogP contribution in [0.2, 0.25) is 5.02 Å². The highest BCUT2D eigenvalue weighted by atomic mass is 79.9. The van der Waals surface area contributed by atoms with Crippen LogP contribution in [0.3, 0.4) is 0 Å². The molecule has 0 bridgehead atoms. The van der Waals surface area contributed by atoms with Crippen LogP contribution in [-0.4, -0.2) is 14.6 Å². The molecule has 0 spiro atoms. The average Bonchev–Trinajstić information content (AvgIpc) is 3.45. The third-order valence-corrected chi connectivity index (χ3v) is 6.13. The molecule has 0 unspecified atom stereocenters. The maximum absolute atomic E-state index is 13.1. The summed E-state index contributed by atoms with van der Waals surface area (Å²) in [6, 6.07) is 17.0. The molecule has 1 saturated carbocycles. The smallest absolute Gasteiger partial charge is 0.315 e. The van der Waals surface area contributed by atoms with E-state index in [1.54, 1.807) is 12.1 Å². The maximum atomic E-state index is 13.1. The fourth-order valence-corrected chi connectivity index (χ4v) is 4.26. The number of hydrogen-bond acceptors (Lipinski definition) is 4. The lowest BCUT2D eigenvalue weighted by Crippen LogP contribution is -2.17. The standard InChI is InChI=1S/C22H14BrClN4O2/c23-14-2-1-3-16(10-14)30-18-12-26-20-17(11-25)19(27-28(20)21(18)29)22(8-9-22)13-4-6-15(24)7-5-13/h1-7,10,12,27H,8-9H2. The van der Waals surface area contributed by atoms with Crippen molar-refractivity contribution in [2.45, 2.75) is 18.3 Å². The number of nitrogens with zero attached hydrogens (tertiary/aromatic N) is 3. The topological polar surface area (TPSA) is 83.2 Å². The van der Waals surface area contributed by atoms with Crippen molar-refractivity contribution in [2.75, 3.05) is 0 Å². The van der Waals surface area contributed by atoms with Gasteiger partial charge in [-0.2, -0.15) is 9.78 Å². The fraction of sp³-hybridized carbons (Fsp3) is 0.136. The zero-order valence-corrected chi connectivity index (χ0v) is 17.9. The van der Waals surface area contributed by atoms with Crippen LogP contribution in [0.15, 0.2) is 64.0 Å². The van der Waals surface area contributed by atoms with Crippen LogP contribution in [0.25, 0.3) is 5.65 Å². The fourth-order valence-electron chi connectivity index (χ4n) is 3.76. The number of fused-ring (bicyclic) bond motifs is 1. The Labute approximate surface area is 184 Å². The van der Waals surface area contributed by atoms with Gasteiger partial charge in [-0.1, -0.05) is 45.7 Å². The Bertz CT molecular complexity index is 1380. The quantitative estimate of drug-likeness (QED) is 0.435. The van der Waals surface area contributed by atoms with E-state index in [-0.39, 0.29) is 11.2 Å². The van der Waals surface area contributed by atoms with Crippen molar-refractivity contribution in [1.82, 2.24) is 14.6 Å². The number of hydrogen-bond donors (Lipinski definition) is 1. The van der Waals surface area contributed by atoms with E-state index in [0.717, 1.165) is 22.9 Å². The average molecular weight is 482 g/mol. The van der Waals surface area contributed by atoms with E-state index < -0.39 is 5.56 Å². The number of rotatable bonds is 4. The second kappa shape index (κ2) is 7.01. The lowest BCUT2D eigenvalue weighted by atomic mass is 9.90. The molecule has 30 heavy (non-hydrogen) atoms. The summed E-state index contributed by atoms with van der Waals surface area (Å²) in [5.41, 5.74) is 1.65. The molecule has 0 atom stereocenters. The Kier molecular flexibility index (Phi) is 4.42. The molecule has 0 amide bonds. The second-order valence-electron chi connectivity index (χ2n) is 7.21. The monoisotopic (exact) mass is 480 g/mol. The molecule has 1 aliphatic rings. The van der Waals surface area contributed by atoms with Gasteiger partial charge in [0.2, 0.25) is 5.75 Å². The molecule has 4 aromatic rings. The normalized spacial score (nSPS) is 14.4. The van der Waals surface area contributed by atoms with Crippen molar-refractivity contribution in [2.24, 2.45) is 0 Å². The number of halogens is 2. The Morgan fingerprint density at radius 3 is 2.67 bits per heavy atom. The number of aromatic nitrogens is 3. The van der Waals surface area contributed by atoms with Gasteiger partial charge >= 0.3 is 5.56 Å². The van der Waals surface area contributed by atoms with Gasteiger partial charge in [0.25, 0.3) is 0 Å². The highest BCUT2D eigenvalue weighted by Gasteiger charge is 2.49. The van der Waals surface area contributed by atoms with Crippen molar-refractivity contribution in [1.29, 1.82) is 5.26 Å². The molecule has 0 radical (unpaired) electrons. The molecule has 0 aliphatic heterocycles. The molecule has 6 nitrogen and oxygen atoms in total. The molecule has 148 valence electrons. The van der Waals surface area contributed by atoms with Gasteiger partial charge in [-0.25, -0.2) is 4.98 Å². The minimum absolute atomic E-state index is 0.0687. The summed E-state index contributed by atoms with van der Waals surface area (Å²) in [7, 11) is 0. The van der Waals surface area contributed by atoms with Crippen LogP contribution in [0, 0.1) is 11.3 Å². The van der Waals surface area contributed by atoms with E-state index in [1.807, 2.05) is 36.4 Å². The van der Waals surface area contributed by atoms with Crippen molar-refractivity contribution in [3.63, 3.8) is 0 Å². The Balaban J connectivity index is 1.63. The molecule has 2 aromatic carbocycles. The molecule has 2 aromatic heterocycles. The summed E-state index contributed by atoms with van der Waals surface area (Å²) < 4.78 is 7.86. The minimum atomic E-state index is -0.408. The molecular weight excluding hydrogens is 468 g/mol. The first-order valence-electron chi connectivity index (χ1n) is 9.26. The summed E-state index contributed by atoms with van der Waals surface area (Å²) in [6.07, 6.45) is 3.09. The van der Waals surface area contributed by atoms with Gasteiger partial charge in [0.05, 0.1) is 11.9 Å². The molecule has 1 fully saturated rings. The number of nitrogens with one attached hydrogen (secondary N) is 1. The Morgan fingerprint density at radius 1 is 1.23 bits per heavy atom. The number of aromatic amines is 1. The van der Waals surface area contributed by atoms with E-state index in [9.17, 15) is 10.1 Å². The molecule has 1 aliphatic carbocycles. The first-order valence-corrected chi connectivity index (χ1v) is 10.4. The third-order valence-electron chi connectivity index (χ3n) is 5.39. The number of benzene rings is 2.